The minimum Gasteiger partial charge on any atom is -0.497 e. The topological polar surface area (TPSA) is 48.9 Å². The van der Waals surface area contributed by atoms with Crippen LogP contribution in [0.4, 0.5) is 0 Å². The summed E-state index contributed by atoms with van der Waals surface area (Å²) in [5.41, 5.74) is 3.91. The molecule has 3 rings (SSSR count). The predicted molar refractivity (Wildman–Crippen MR) is 120 cm³/mol. The van der Waals surface area contributed by atoms with E-state index in [1.54, 1.807) is 7.11 Å². The molecule has 5 heteroatoms. The van der Waals surface area contributed by atoms with Crippen molar-refractivity contribution in [1.29, 1.82) is 0 Å². The van der Waals surface area contributed by atoms with Crippen molar-refractivity contribution in [2.24, 2.45) is 10.9 Å². The number of rotatable bonds is 7. The second kappa shape index (κ2) is 10.9. The number of methoxy groups -OCH3 is 1. The molecule has 1 saturated heterocycles. The molecule has 29 heavy (non-hydrogen) atoms. The summed E-state index contributed by atoms with van der Waals surface area (Å²) in [6.07, 6.45) is 2.46. The third kappa shape index (κ3) is 6.79. The average molecular weight is 395 g/mol. The number of likely N-dealkylation sites (tertiary alicyclic amines) is 1. The molecule has 0 bridgehead atoms. The molecule has 2 aromatic rings. The number of guanidine groups is 1. The number of aliphatic imine (C=N–C) groups is 1. The number of nitrogens with zero attached hydrogens (tertiary/aromatic N) is 2. The van der Waals surface area contributed by atoms with Crippen LogP contribution in [0.2, 0.25) is 0 Å². The van der Waals surface area contributed by atoms with E-state index in [1.807, 2.05) is 25.2 Å². The number of nitrogens with one attached hydrogen (secondary N) is 2. The number of piperidine rings is 1. The van der Waals surface area contributed by atoms with Crippen molar-refractivity contribution in [3.05, 3.63) is 65.2 Å². The lowest BCUT2D eigenvalue weighted by Crippen LogP contribution is -2.42. The number of benzene rings is 2. The van der Waals surface area contributed by atoms with E-state index in [1.165, 1.54) is 29.5 Å². The maximum absolute atomic E-state index is 5.29. The van der Waals surface area contributed by atoms with Crippen LogP contribution in [0.5, 0.6) is 5.75 Å². The zero-order chi connectivity index (χ0) is 20.5. The van der Waals surface area contributed by atoms with Crippen LogP contribution in [-0.4, -0.2) is 44.7 Å². The molecule has 0 radical (unpaired) electrons. The molecule has 2 aromatic carbocycles. The first-order valence-electron chi connectivity index (χ1n) is 10.5. The quantitative estimate of drug-likeness (QED) is 0.557. The summed E-state index contributed by atoms with van der Waals surface area (Å²) >= 11 is 0. The highest BCUT2D eigenvalue weighted by molar-refractivity contribution is 5.79. The van der Waals surface area contributed by atoms with Gasteiger partial charge in [0, 0.05) is 26.7 Å². The molecule has 1 fully saturated rings. The highest BCUT2D eigenvalue weighted by Crippen LogP contribution is 2.18. The summed E-state index contributed by atoms with van der Waals surface area (Å²) in [6, 6.07) is 17.0. The molecule has 0 saturated carbocycles. The molecule has 1 aliphatic heterocycles. The summed E-state index contributed by atoms with van der Waals surface area (Å²) in [4.78, 5) is 6.93. The van der Waals surface area contributed by atoms with Crippen LogP contribution in [0.1, 0.15) is 29.5 Å². The van der Waals surface area contributed by atoms with Gasteiger partial charge in [-0.25, -0.2) is 0 Å². The Morgan fingerprint density at radius 2 is 1.83 bits per heavy atom. The minimum atomic E-state index is 0.694. The molecule has 0 spiro atoms. The molecular formula is C24H34N4O. The number of ether oxygens (including phenoxy) is 1. The van der Waals surface area contributed by atoms with E-state index in [9.17, 15) is 0 Å². The third-order valence-electron chi connectivity index (χ3n) is 5.61. The van der Waals surface area contributed by atoms with Crippen molar-refractivity contribution in [2.75, 3.05) is 33.8 Å². The number of hydrogen-bond donors (Lipinski definition) is 2. The Labute approximate surface area is 175 Å². The first kappa shape index (κ1) is 21.2. The van der Waals surface area contributed by atoms with Gasteiger partial charge < -0.3 is 15.4 Å². The highest BCUT2D eigenvalue weighted by Gasteiger charge is 2.19. The summed E-state index contributed by atoms with van der Waals surface area (Å²) in [5, 5.41) is 6.89. The van der Waals surface area contributed by atoms with Crippen molar-refractivity contribution in [3.8, 4) is 5.75 Å². The van der Waals surface area contributed by atoms with E-state index in [0.717, 1.165) is 44.4 Å². The fraction of sp³-hybridized carbons (Fsp3) is 0.458. The molecule has 0 aliphatic carbocycles. The zero-order valence-electron chi connectivity index (χ0n) is 17.9. The highest BCUT2D eigenvalue weighted by atomic mass is 16.5. The van der Waals surface area contributed by atoms with Gasteiger partial charge in [-0.15, -0.1) is 0 Å². The maximum atomic E-state index is 5.29. The lowest BCUT2D eigenvalue weighted by Gasteiger charge is -2.32. The summed E-state index contributed by atoms with van der Waals surface area (Å²) in [5.74, 6) is 2.43. The SMILES string of the molecule is CN=C(NCc1cccc(OC)c1)NCC1CCN(Cc2ccc(C)cc2)CC1. The Bertz CT molecular complexity index is 780. The van der Waals surface area contributed by atoms with Gasteiger partial charge >= 0.3 is 0 Å². The van der Waals surface area contributed by atoms with Crippen LogP contribution in [0.25, 0.3) is 0 Å². The molecule has 0 unspecified atom stereocenters. The molecule has 2 N–H and O–H groups in total. The Hall–Kier alpha value is -2.53. The van der Waals surface area contributed by atoms with Gasteiger partial charge in [-0.3, -0.25) is 9.89 Å². The van der Waals surface area contributed by atoms with Gasteiger partial charge in [0.25, 0.3) is 0 Å². The first-order chi connectivity index (χ1) is 14.2. The molecule has 1 heterocycles. The smallest absolute Gasteiger partial charge is 0.191 e. The standard InChI is InChI=1S/C24H34N4O/c1-19-7-9-21(10-8-19)18-28-13-11-20(12-14-28)16-26-24(25-2)27-17-22-5-4-6-23(15-22)29-3/h4-10,15,20H,11-14,16-18H2,1-3H3,(H2,25,26,27). The number of hydrogen-bond acceptors (Lipinski definition) is 3. The van der Waals surface area contributed by atoms with E-state index >= 15 is 0 Å². The van der Waals surface area contributed by atoms with Gasteiger partial charge in [0.15, 0.2) is 5.96 Å². The Morgan fingerprint density at radius 1 is 1.07 bits per heavy atom. The zero-order valence-corrected chi connectivity index (χ0v) is 17.9. The van der Waals surface area contributed by atoms with Crippen molar-refractivity contribution in [1.82, 2.24) is 15.5 Å². The van der Waals surface area contributed by atoms with Crippen molar-refractivity contribution in [2.45, 2.75) is 32.9 Å². The van der Waals surface area contributed by atoms with Gasteiger partial charge in [-0.05, 0) is 62.0 Å². The van der Waals surface area contributed by atoms with Crippen LogP contribution < -0.4 is 15.4 Å². The lowest BCUT2D eigenvalue weighted by molar-refractivity contribution is 0.178. The molecule has 0 aromatic heterocycles. The van der Waals surface area contributed by atoms with E-state index in [4.69, 9.17) is 4.74 Å². The van der Waals surface area contributed by atoms with Crippen molar-refractivity contribution < 1.29 is 4.74 Å². The van der Waals surface area contributed by atoms with Crippen LogP contribution in [0.3, 0.4) is 0 Å². The third-order valence-corrected chi connectivity index (χ3v) is 5.61. The fourth-order valence-electron chi connectivity index (χ4n) is 3.73. The summed E-state index contributed by atoms with van der Waals surface area (Å²) in [7, 11) is 3.52. The normalized spacial score (nSPS) is 15.9. The lowest BCUT2D eigenvalue weighted by atomic mass is 9.96. The molecular weight excluding hydrogens is 360 g/mol. The largest absolute Gasteiger partial charge is 0.497 e. The molecule has 0 atom stereocenters. The maximum Gasteiger partial charge on any atom is 0.191 e. The van der Waals surface area contributed by atoms with E-state index in [2.05, 4.69) is 57.8 Å². The van der Waals surface area contributed by atoms with Crippen LogP contribution >= 0.6 is 0 Å². The van der Waals surface area contributed by atoms with Gasteiger partial charge in [-0.1, -0.05) is 42.0 Å². The first-order valence-corrected chi connectivity index (χ1v) is 10.5. The minimum absolute atomic E-state index is 0.694. The van der Waals surface area contributed by atoms with E-state index < -0.39 is 0 Å². The van der Waals surface area contributed by atoms with Gasteiger partial charge in [0.05, 0.1) is 7.11 Å². The van der Waals surface area contributed by atoms with E-state index in [0.29, 0.717) is 5.92 Å². The van der Waals surface area contributed by atoms with Gasteiger partial charge in [0.2, 0.25) is 0 Å². The van der Waals surface area contributed by atoms with Gasteiger partial charge in [0.1, 0.15) is 5.75 Å². The molecule has 156 valence electrons. The molecule has 0 amide bonds. The second-order valence-corrected chi connectivity index (χ2v) is 7.86. The average Bonchev–Trinajstić information content (AvgIpc) is 2.76. The summed E-state index contributed by atoms with van der Waals surface area (Å²) < 4.78 is 5.29. The van der Waals surface area contributed by atoms with Crippen molar-refractivity contribution >= 4 is 5.96 Å². The second-order valence-electron chi connectivity index (χ2n) is 7.86. The predicted octanol–water partition coefficient (Wildman–Crippen LogP) is 3.58. The van der Waals surface area contributed by atoms with Crippen molar-refractivity contribution in [3.63, 3.8) is 0 Å². The Morgan fingerprint density at radius 3 is 2.52 bits per heavy atom. The molecule has 1 aliphatic rings. The Kier molecular flexibility index (Phi) is 7.94. The Balaban J connectivity index is 1.37. The number of aryl methyl sites for hydroxylation is 1. The van der Waals surface area contributed by atoms with E-state index in [-0.39, 0.29) is 0 Å². The molecule has 5 nitrogen and oxygen atoms in total. The fourth-order valence-corrected chi connectivity index (χ4v) is 3.73. The van der Waals surface area contributed by atoms with Gasteiger partial charge in [-0.2, -0.15) is 0 Å². The van der Waals surface area contributed by atoms with Crippen LogP contribution in [-0.2, 0) is 13.1 Å². The van der Waals surface area contributed by atoms with Crippen LogP contribution in [0, 0.1) is 12.8 Å². The van der Waals surface area contributed by atoms with Crippen LogP contribution in [0.15, 0.2) is 53.5 Å². The summed E-state index contributed by atoms with van der Waals surface area (Å²) in [6.45, 7) is 7.22. The monoisotopic (exact) mass is 394 g/mol.